The summed E-state index contributed by atoms with van der Waals surface area (Å²) in [7, 11) is 1.54. The van der Waals surface area contributed by atoms with E-state index in [0.29, 0.717) is 17.7 Å². The van der Waals surface area contributed by atoms with Crippen LogP contribution in [0.5, 0.6) is 5.75 Å². The van der Waals surface area contributed by atoms with Crippen molar-refractivity contribution in [2.24, 2.45) is 0 Å². The number of para-hydroxylation sites is 1. The molecule has 0 saturated carbocycles. The third-order valence-corrected chi connectivity index (χ3v) is 4.94. The molecule has 1 aliphatic heterocycles. The van der Waals surface area contributed by atoms with E-state index >= 15 is 0 Å². The summed E-state index contributed by atoms with van der Waals surface area (Å²) in [5.74, 6) is 0.0440. The second kappa shape index (κ2) is 9.75. The highest BCUT2D eigenvalue weighted by molar-refractivity contribution is 5.95. The molecule has 28 heavy (non-hydrogen) atoms. The molecule has 1 heterocycles. The Hall–Kier alpha value is -3.06. The van der Waals surface area contributed by atoms with Crippen LogP contribution in [0.15, 0.2) is 54.6 Å². The van der Waals surface area contributed by atoms with Gasteiger partial charge in [0.25, 0.3) is 5.91 Å². The van der Waals surface area contributed by atoms with Gasteiger partial charge in [-0.05, 0) is 30.3 Å². The van der Waals surface area contributed by atoms with E-state index in [-0.39, 0.29) is 11.8 Å². The maximum Gasteiger partial charge on any atom is 0.269 e. The minimum atomic E-state index is -0.365. The number of amides is 2. The van der Waals surface area contributed by atoms with Crippen LogP contribution in [0, 0.1) is 0 Å². The standard InChI is InChI=1S/C21H26N4O3/c1-28-19-9-5-6-17(16-19)21(27)23-22-20(26)10-11-24-12-14-25(15-13-24)18-7-3-2-4-8-18/h2-9,16H,10-15H2,1H3,(H,22,26)(H,23,27)/p+1. The van der Waals surface area contributed by atoms with Gasteiger partial charge in [-0.15, -0.1) is 0 Å². The SMILES string of the molecule is COc1cccc(C(=O)NNC(=O)CC[NH+]2CCN(c3ccccc3)CC2)c1. The zero-order valence-corrected chi connectivity index (χ0v) is 16.1. The molecule has 1 aliphatic rings. The molecule has 2 amide bonds. The number of piperazine rings is 1. The molecule has 0 spiro atoms. The Labute approximate surface area is 165 Å². The van der Waals surface area contributed by atoms with Crippen LogP contribution in [0.4, 0.5) is 5.69 Å². The summed E-state index contributed by atoms with van der Waals surface area (Å²) < 4.78 is 5.10. The molecule has 3 rings (SSSR count). The van der Waals surface area contributed by atoms with Crippen molar-refractivity contribution >= 4 is 17.5 Å². The summed E-state index contributed by atoms with van der Waals surface area (Å²) in [6.45, 7) is 4.71. The Kier molecular flexibility index (Phi) is 6.86. The normalized spacial score (nSPS) is 14.4. The zero-order chi connectivity index (χ0) is 19.8. The van der Waals surface area contributed by atoms with Crippen molar-refractivity contribution in [1.29, 1.82) is 0 Å². The molecular formula is C21H27N4O3+. The van der Waals surface area contributed by atoms with E-state index < -0.39 is 0 Å². The number of carbonyl (C=O) groups is 2. The van der Waals surface area contributed by atoms with Gasteiger partial charge in [0.2, 0.25) is 5.91 Å². The summed E-state index contributed by atoms with van der Waals surface area (Å²) in [5.41, 5.74) is 6.63. The van der Waals surface area contributed by atoms with Crippen molar-refractivity contribution in [3.63, 3.8) is 0 Å². The molecule has 0 aromatic heterocycles. The van der Waals surface area contributed by atoms with Gasteiger partial charge in [0.15, 0.2) is 0 Å². The predicted molar refractivity (Wildman–Crippen MR) is 107 cm³/mol. The average Bonchev–Trinajstić information content (AvgIpc) is 2.77. The predicted octanol–water partition coefficient (Wildman–Crippen LogP) is 0.251. The zero-order valence-electron chi connectivity index (χ0n) is 16.1. The molecule has 0 radical (unpaired) electrons. The van der Waals surface area contributed by atoms with Gasteiger partial charge in [-0.2, -0.15) is 0 Å². The van der Waals surface area contributed by atoms with Crippen LogP contribution in [0.3, 0.4) is 0 Å². The molecule has 3 N–H and O–H groups in total. The van der Waals surface area contributed by atoms with Gasteiger partial charge < -0.3 is 14.5 Å². The van der Waals surface area contributed by atoms with E-state index in [4.69, 9.17) is 4.74 Å². The molecule has 1 saturated heterocycles. The lowest BCUT2D eigenvalue weighted by atomic mass is 10.2. The first kappa shape index (κ1) is 19.7. The van der Waals surface area contributed by atoms with Crippen LogP contribution in [-0.4, -0.2) is 51.6 Å². The number of carbonyl (C=O) groups excluding carboxylic acids is 2. The van der Waals surface area contributed by atoms with Gasteiger partial charge in [0.05, 0.1) is 46.3 Å². The number of hydrazine groups is 1. The minimum Gasteiger partial charge on any atom is -0.497 e. The van der Waals surface area contributed by atoms with Crippen molar-refractivity contribution in [3.8, 4) is 5.75 Å². The number of quaternary nitrogens is 1. The molecular weight excluding hydrogens is 356 g/mol. The lowest BCUT2D eigenvalue weighted by Crippen LogP contribution is -3.15. The highest BCUT2D eigenvalue weighted by atomic mass is 16.5. The van der Waals surface area contributed by atoms with Gasteiger partial charge in [-0.1, -0.05) is 24.3 Å². The number of nitrogens with zero attached hydrogens (tertiary/aromatic N) is 1. The molecule has 7 nitrogen and oxygen atoms in total. The Morgan fingerprint density at radius 2 is 1.79 bits per heavy atom. The third kappa shape index (κ3) is 5.47. The average molecular weight is 383 g/mol. The summed E-state index contributed by atoms with van der Waals surface area (Å²) in [5, 5.41) is 0. The summed E-state index contributed by atoms with van der Waals surface area (Å²) in [6, 6.07) is 17.2. The van der Waals surface area contributed by atoms with Crippen LogP contribution >= 0.6 is 0 Å². The number of hydrogen-bond acceptors (Lipinski definition) is 4. The topological polar surface area (TPSA) is 75.1 Å². The van der Waals surface area contributed by atoms with Crippen LogP contribution in [-0.2, 0) is 4.79 Å². The number of methoxy groups -OCH3 is 1. The lowest BCUT2D eigenvalue weighted by Gasteiger charge is -2.33. The van der Waals surface area contributed by atoms with Gasteiger partial charge in [0.1, 0.15) is 5.75 Å². The van der Waals surface area contributed by atoms with Gasteiger partial charge in [-0.25, -0.2) is 0 Å². The summed E-state index contributed by atoms with van der Waals surface area (Å²) >= 11 is 0. The first-order chi connectivity index (χ1) is 13.7. The van der Waals surface area contributed by atoms with Crippen molar-refractivity contribution in [3.05, 3.63) is 60.2 Å². The fraction of sp³-hybridized carbons (Fsp3) is 0.333. The van der Waals surface area contributed by atoms with Gasteiger partial charge in [-0.3, -0.25) is 20.4 Å². The molecule has 0 bridgehead atoms. The quantitative estimate of drug-likeness (QED) is 0.626. The first-order valence-corrected chi connectivity index (χ1v) is 9.52. The van der Waals surface area contributed by atoms with Crippen LogP contribution < -0.4 is 25.4 Å². The molecule has 1 fully saturated rings. The van der Waals surface area contributed by atoms with E-state index in [1.54, 1.807) is 31.4 Å². The van der Waals surface area contributed by atoms with E-state index in [9.17, 15) is 9.59 Å². The van der Waals surface area contributed by atoms with E-state index in [1.165, 1.54) is 10.6 Å². The smallest absolute Gasteiger partial charge is 0.269 e. The van der Waals surface area contributed by atoms with Crippen LogP contribution in [0.1, 0.15) is 16.8 Å². The lowest BCUT2D eigenvalue weighted by molar-refractivity contribution is -0.900. The number of nitrogens with one attached hydrogen (secondary N) is 3. The van der Waals surface area contributed by atoms with Gasteiger partial charge >= 0.3 is 0 Å². The Morgan fingerprint density at radius 3 is 2.50 bits per heavy atom. The molecule has 0 unspecified atom stereocenters. The van der Waals surface area contributed by atoms with Crippen molar-refractivity contribution < 1.29 is 19.2 Å². The maximum atomic E-state index is 12.1. The van der Waals surface area contributed by atoms with Crippen LogP contribution in [0.25, 0.3) is 0 Å². The molecule has 148 valence electrons. The fourth-order valence-electron chi connectivity index (χ4n) is 3.29. The third-order valence-electron chi connectivity index (χ3n) is 4.94. The molecule has 2 aromatic rings. The van der Waals surface area contributed by atoms with Gasteiger partial charge in [0, 0.05) is 11.3 Å². The monoisotopic (exact) mass is 383 g/mol. The fourth-order valence-corrected chi connectivity index (χ4v) is 3.29. The molecule has 2 aromatic carbocycles. The maximum absolute atomic E-state index is 12.1. The Morgan fingerprint density at radius 1 is 1.04 bits per heavy atom. The number of anilines is 1. The Bertz CT molecular complexity index is 789. The second-order valence-electron chi connectivity index (χ2n) is 6.81. The second-order valence-corrected chi connectivity index (χ2v) is 6.81. The van der Waals surface area contributed by atoms with E-state index in [2.05, 4.69) is 40.0 Å². The van der Waals surface area contributed by atoms with Crippen molar-refractivity contribution in [2.45, 2.75) is 6.42 Å². The molecule has 7 heteroatoms. The number of benzene rings is 2. The molecule has 0 aliphatic carbocycles. The molecule has 0 atom stereocenters. The highest BCUT2D eigenvalue weighted by Crippen LogP contribution is 2.13. The summed E-state index contributed by atoms with van der Waals surface area (Å²) in [4.78, 5) is 27.9. The van der Waals surface area contributed by atoms with E-state index in [0.717, 1.165) is 32.7 Å². The summed E-state index contributed by atoms with van der Waals surface area (Å²) in [6.07, 6.45) is 0.374. The van der Waals surface area contributed by atoms with Crippen molar-refractivity contribution in [2.75, 3.05) is 44.7 Å². The largest absolute Gasteiger partial charge is 0.497 e. The minimum absolute atomic E-state index is 0.186. The highest BCUT2D eigenvalue weighted by Gasteiger charge is 2.20. The number of hydrogen-bond donors (Lipinski definition) is 3. The van der Waals surface area contributed by atoms with Crippen molar-refractivity contribution in [1.82, 2.24) is 10.9 Å². The number of rotatable bonds is 6. The number of ether oxygens (including phenoxy) is 1. The van der Waals surface area contributed by atoms with E-state index in [1.807, 2.05) is 6.07 Å². The van der Waals surface area contributed by atoms with Crippen LogP contribution in [0.2, 0.25) is 0 Å². The Balaban J connectivity index is 1.36. The first-order valence-electron chi connectivity index (χ1n) is 9.52.